The Balaban J connectivity index is 1.32. The number of benzene rings is 1. The van der Waals surface area contributed by atoms with Gasteiger partial charge < -0.3 is 26.4 Å². The topological polar surface area (TPSA) is 150 Å². The predicted molar refractivity (Wildman–Crippen MR) is 126 cm³/mol. The van der Waals surface area contributed by atoms with E-state index in [4.69, 9.17) is 16.0 Å². The van der Waals surface area contributed by atoms with Crippen LogP contribution in [0.25, 0.3) is 0 Å². The van der Waals surface area contributed by atoms with Crippen molar-refractivity contribution < 1.29 is 9.53 Å². The van der Waals surface area contributed by atoms with E-state index in [1.165, 1.54) is 6.20 Å². The van der Waals surface area contributed by atoms with Crippen molar-refractivity contribution >= 4 is 29.0 Å². The number of nitrogens with zero attached hydrogens (tertiary/aromatic N) is 3. The second-order valence-electron chi connectivity index (χ2n) is 8.85. The van der Waals surface area contributed by atoms with Crippen LogP contribution in [0.15, 0.2) is 35.6 Å². The summed E-state index contributed by atoms with van der Waals surface area (Å²) in [5.74, 6) is 2.45. The molecule has 2 aliphatic rings. The first-order valence-electron chi connectivity index (χ1n) is 11.6. The van der Waals surface area contributed by atoms with E-state index in [1.807, 2.05) is 24.3 Å². The fraction of sp³-hybridized carbons (Fsp3) is 0.522. The largest absolute Gasteiger partial charge is 0.493 e. The van der Waals surface area contributed by atoms with Gasteiger partial charge in [-0.05, 0) is 81.3 Å². The monoisotopic (exact) mass is 452 g/mol. The molecule has 1 saturated carbocycles. The van der Waals surface area contributed by atoms with Crippen LogP contribution in [0.3, 0.4) is 0 Å². The van der Waals surface area contributed by atoms with Crippen LogP contribution >= 0.6 is 0 Å². The first kappa shape index (κ1) is 22.9. The van der Waals surface area contributed by atoms with Gasteiger partial charge in [0.1, 0.15) is 11.4 Å². The Bertz CT molecular complexity index is 946. The summed E-state index contributed by atoms with van der Waals surface area (Å²) in [5.41, 5.74) is 14.0. The predicted octanol–water partition coefficient (Wildman–Crippen LogP) is 3.57. The van der Waals surface area contributed by atoms with Crippen molar-refractivity contribution in [1.82, 2.24) is 15.3 Å². The molecular weight excluding hydrogens is 420 g/mol. The minimum absolute atomic E-state index is 0.0361. The molecule has 0 bridgehead atoms. The lowest BCUT2D eigenvalue weighted by Crippen LogP contribution is -2.30. The highest BCUT2D eigenvalue weighted by atomic mass is 16.5. The highest BCUT2D eigenvalue weighted by Gasteiger charge is 2.28. The molecule has 0 spiro atoms. The number of nitrogens with one attached hydrogen (secondary N) is 4. The van der Waals surface area contributed by atoms with Crippen LogP contribution in [0.4, 0.5) is 23.1 Å². The van der Waals surface area contributed by atoms with E-state index in [0.717, 1.165) is 63.2 Å². The Morgan fingerprint density at radius 1 is 1.18 bits per heavy atom. The molecule has 1 amide bonds. The van der Waals surface area contributed by atoms with Gasteiger partial charge >= 0.3 is 0 Å². The average Bonchev–Trinajstić information content (AvgIpc) is 3.33. The molecule has 0 unspecified atom stereocenters. The maximum absolute atomic E-state index is 11.4. The highest BCUT2D eigenvalue weighted by Crippen LogP contribution is 2.31. The minimum Gasteiger partial charge on any atom is -0.493 e. The van der Waals surface area contributed by atoms with Crippen LogP contribution in [0.1, 0.15) is 32.1 Å². The Kier molecular flexibility index (Phi) is 7.66. The third-order valence-corrected chi connectivity index (χ3v) is 6.44. The molecule has 10 heteroatoms. The van der Waals surface area contributed by atoms with Crippen LogP contribution in [-0.2, 0) is 4.79 Å². The summed E-state index contributed by atoms with van der Waals surface area (Å²) < 4.78 is 5.95. The van der Waals surface area contributed by atoms with E-state index in [-0.39, 0.29) is 11.8 Å². The summed E-state index contributed by atoms with van der Waals surface area (Å²) in [6.07, 6.45) is 6.40. The number of aromatic nitrogens is 2. The fourth-order valence-electron chi connectivity index (χ4n) is 4.42. The third-order valence-electron chi connectivity index (χ3n) is 6.44. The number of piperidine rings is 1. The van der Waals surface area contributed by atoms with E-state index in [1.54, 1.807) is 0 Å². The Morgan fingerprint density at radius 3 is 2.67 bits per heavy atom. The maximum atomic E-state index is 11.4. The van der Waals surface area contributed by atoms with Crippen LogP contribution in [-0.4, -0.2) is 42.1 Å². The summed E-state index contributed by atoms with van der Waals surface area (Å²) in [6.45, 7) is 3.53. The van der Waals surface area contributed by atoms with E-state index < -0.39 is 0 Å². The molecular formula is C23H32N8O2. The lowest BCUT2D eigenvalue weighted by molar-refractivity contribution is -0.121. The van der Waals surface area contributed by atoms with Gasteiger partial charge in [0.25, 0.3) is 0 Å². The Hall–Kier alpha value is -3.27. The second-order valence-corrected chi connectivity index (χ2v) is 8.85. The van der Waals surface area contributed by atoms with Gasteiger partial charge in [0.05, 0.1) is 12.8 Å². The molecule has 1 aromatic heterocycles. The summed E-state index contributed by atoms with van der Waals surface area (Å²) in [6, 6.07) is 7.69. The van der Waals surface area contributed by atoms with Crippen molar-refractivity contribution in [3.05, 3.63) is 30.5 Å². The number of anilines is 3. The quantitative estimate of drug-likeness (QED) is 0.346. The number of nitrogens with two attached hydrogens (primary N) is 1. The molecule has 2 atom stereocenters. The summed E-state index contributed by atoms with van der Waals surface area (Å²) in [5, 5.41) is 13.4. The zero-order valence-electron chi connectivity index (χ0n) is 18.7. The Labute approximate surface area is 193 Å². The zero-order chi connectivity index (χ0) is 23.0. The van der Waals surface area contributed by atoms with Gasteiger partial charge in [-0.3, -0.25) is 4.79 Å². The third kappa shape index (κ3) is 6.38. The van der Waals surface area contributed by atoms with Gasteiger partial charge in [-0.25, -0.2) is 10.5 Å². The van der Waals surface area contributed by atoms with Crippen molar-refractivity contribution in [1.29, 1.82) is 5.53 Å². The number of carbonyl (C=O) groups excluding carboxylic acids is 1. The molecule has 1 aliphatic carbocycles. The fourth-order valence-corrected chi connectivity index (χ4v) is 4.42. The summed E-state index contributed by atoms with van der Waals surface area (Å²) in [4.78, 5) is 20.1. The SMILES string of the molecule is N=Nc1cnc(NC[C@@H]2CC[C@@H](C(N)=O)C2)nc1Nc1ccc(OCC2CCNCC2)cc1. The molecule has 2 heterocycles. The van der Waals surface area contributed by atoms with Gasteiger partial charge in [0.15, 0.2) is 5.82 Å². The van der Waals surface area contributed by atoms with Gasteiger partial charge in [-0.15, -0.1) is 0 Å². The smallest absolute Gasteiger partial charge is 0.224 e. The molecule has 1 aliphatic heterocycles. The molecule has 6 N–H and O–H groups in total. The van der Waals surface area contributed by atoms with E-state index in [2.05, 4.69) is 31.0 Å². The van der Waals surface area contributed by atoms with Gasteiger partial charge in [-0.2, -0.15) is 10.1 Å². The molecule has 10 nitrogen and oxygen atoms in total. The molecule has 4 rings (SSSR count). The van der Waals surface area contributed by atoms with Crippen LogP contribution in [0.2, 0.25) is 0 Å². The molecule has 1 saturated heterocycles. The van der Waals surface area contributed by atoms with Crippen molar-refractivity contribution in [2.24, 2.45) is 28.6 Å². The first-order valence-corrected chi connectivity index (χ1v) is 11.6. The minimum atomic E-state index is -0.218. The number of ether oxygens (including phenoxy) is 1. The van der Waals surface area contributed by atoms with Crippen molar-refractivity contribution in [2.75, 3.05) is 36.9 Å². The lowest BCUT2D eigenvalue weighted by atomic mass is 9.99. The molecule has 2 aromatic rings. The molecule has 2 fully saturated rings. The first-order chi connectivity index (χ1) is 16.1. The number of primary amides is 1. The molecule has 0 radical (unpaired) electrons. The molecule has 33 heavy (non-hydrogen) atoms. The van der Waals surface area contributed by atoms with E-state index in [0.29, 0.717) is 35.8 Å². The number of rotatable bonds is 10. The van der Waals surface area contributed by atoms with E-state index in [9.17, 15) is 4.79 Å². The van der Waals surface area contributed by atoms with Crippen molar-refractivity contribution in [3.63, 3.8) is 0 Å². The average molecular weight is 453 g/mol. The highest BCUT2D eigenvalue weighted by molar-refractivity contribution is 5.76. The zero-order valence-corrected chi connectivity index (χ0v) is 18.7. The Morgan fingerprint density at radius 2 is 1.97 bits per heavy atom. The van der Waals surface area contributed by atoms with Crippen LogP contribution in [0, 0.1) is 23.3 Å². The van der Waals surface area contributed by atoms with Crippen molar-refractivity contribution in [3.8, 4) is 5.75 Å². The lowest BCUT2D eigenvalue weighted by Gasteiger charge is -2.22. The van der Waals surface area contributed by atoms with Crippen LogP contribution in [0.5, 0.6) is 5.75 Å². The maximum Gasteiger partial charge on any atom is 0.224 e. The van der Waals surface area contributed by atoms with Gasteiger partial charge in [0.2, 0.25) is 11.9 Å². The molecule has 176 valence electrons. The van der Waals surface area contributed by atoms with Crippen molar-refractivity contribution in [2.45, 2.75) is 32.1 Å². The second kappa shape index (κ2) is 11.0. The summed E-state index contributed by atoms with van der Waals surface area (Å²) >= 11 is 0. The van der Waals surface area contributed by atoms with Crippen LogP contribution < -0.4 is 26.4 Å². The number of amides is 1. The number of carbonyl (C=O) groups is 1. The van der Waals surface area contributed by atoms with Gasteiger partial charge in [-0.1, -0.05) is 0 Å². The standard InChI is InChI=1S/C23H32N8O2/c24-21(32)17-2-1-16(11-17)12-27-23-28-13-20(31-25)22(30-23)29-18-3-5-19(6-4-18)33-14-15-7-9-26-10-8-15/h3-6,13,15-17,25-26H,1-2,7-12,14H2,(H2,24,32)(H2,27,28,29,30)/t16-,17-/m1/s1. The molecule has 1 aromatic carbocycles. The number of hydrogen-bond donors (Lipinski definition) is 5. The number of hydrogen-bond acceptors (Lipinski definition) is 9. The normalized spacial score (nSPS) is 20.8. The van der Waals surface area contributed by atoms with Gasteiger partial charge in [0, 0.05) is 18.2 Å². The van der Waals surface area contributed by atoms with E-state index >= 15 is 0 Å². The summed E-state index contributed by atoms with van der Waals surface area (Å²) in [7, 11) is 0.